The molecule has 0 bridgehead atoms. The molecule has 9 nitrogen and oxygen atoms in total. The van der Waals surface area contributed by atoms with Gasteiger partial charge < -0.3 is 20.9 Å². The van der Waals surface area contributed by atoms with Crippen LogP contribution in [0.25, 0.3) is 0 Å². The molecule has 1 aliphatic heterocycles. The number of hydrogen-bond donors (Lipinski definition) is 2. The first-order valence-corrected chi connectivity index (χ1v) is 11.6. The van der Waals surface area contributed by atoms with Crippen molar-refractivity contribution in [3.05, 3.63) is 41.2 Å². The quantitative estimate of drug-likeness (QED) is 0.504. The van der Waals surface area contributed by atoms with E-state index in [0.717, 1.165) is 18.5 Å². The van der Waals surface area contributed by atoms with Crippen molar-refractivity contribution in [3.63, 3.8) is 0 Å². The Kier molecular flexibility index (Phi) is 8.59. The van der Waals surface area contributed by atoms with E-state index in [0.29, 0.717) is 37.5 Å². The summed E-state index contributed by atoms with van der Waals surface area (Å²) in [5.74, 6) is 0.227. The lowest BCUT2D eigenvalue weighted by atomic mass is 10.1. The Labute approximate surface area is 196 Å². The maximum atomic E-state index is 12.8. The highest BCUT2D eigenvalue weighted by Crippen LogP contribution is 2.30. The number of hydrogen-bond acceptors (Lipinski definition) is 7. The first-order valence-electron chi connectivity index (χ1n) is 11.6. The van der Waals surface area contributed by atoms with E-state index in [1.807, 2.05) is 18.7 Å². The van der Waals surface area contributed by atoms with E-state index in [9.17, 15) is 9.59 Å². The van der Waals surface area contributed by atoms with E-state index >= 15 is 0 Å². The second-order valence-corrected chi connectivity index (χ2v) is 8.43. The van der Waals surface area contributed by atoms with E-state index in [4.69, 9.17) is 5.73 Å². The topological polar surface area (TPSA) is 108 Å². The number of nitrogens with one attached hydrogen (secondary N) is 1. The van der Waals surface area contributed by atoms with Crippen molar-refractivity contribution >= 4 is 29.6 Å². The molecule has 0 unspecified atom stereocenters. The van der Waals surface area contributed by atoms with Gasteiger partial charge in [0.25, 0.3) is 5.91 Å². The van der Waals surface area contributed by atoms with Crippen LogP contribution in [0.5, 0.6) is 0 Å². The molecule has 0 aliphatic carbocycles. The minimum Gasteiger partial charge on any atom is -0.382 e. The van der Waals surface area contributed by atoms with Crippen molar-refractivity contribution in [1.82, 2.24) is 19.8 Å². The average molecular weight is 454 g/mol. The fraction of sp³-hybridized carbons (Fsp3) is 0.500. The fourth-order valence-corrected chi connectivity index (χ4v) is 4.10. The Balaban J connectivity index is 1.84. The predicted molar refractivity (Wildman–Crippen MR) is 131 cm³/mol. The average Bonchev–Trinajstić information content (AvgIpc) is 3.32. The van der Waals surface area contributed by atoms with Crippen LogP contribution in [-0.4, -0.2) is 65.3 Å². The van der Waals surface area contributed by atoms with Crippen molar-refractivity contribution in [1.29, 1.82) is 0 Å². The van der Waals surface area contributed by atoms with Crippen molar-refractivity contribution in [2.24, 2.45) is 0 Å². The van der Waals surface area contributed by atoms with Crippen LogP contribution in [0.3, 0.4) is 0 Å². The second kappa shape index (κ2) is 11.6. The van der Waals surface area contributed by atoms with E-state index < -0.39 is 0 Å². The van der Waals surface area contributed by atoms with Gasteiger partial charge in [-0.25, -0.2) is 9.97 Å². The van der Waals surface area contributed by atoms with Gasteiger partial charge in [-0.15, -0.1) is 0 Å². The number of nitrogen functional groups attached to an aromatic ring is 1. The summed E-state index contributed by atoms with van der Waals surface area (Å²) in [7, 11) is 1.71. The first kappa shape index (κ1) is 24.4. The third kappa shape index (κ3) is 6.19. The number of nitrogens with zero attached hydrogens (tertiary/aromatic N) is 5. The van der Waals surface area contributed by atoms with Crippen LogP contribution in [-0.2, 0) is 17.9 Å². The summed E-state index contributed by atoms with van der Waals surface area (Å²) >= 11 is 0. The zero-order valence-corrected chi connectivity index (χ0v) is 19.9. The zero-order valence-electron chi connectivity index (χ0n) is 19.9. The van der Waals surface area contributed by atoms with Crippen LogP contribution in [0.4, 0.5) is 17.3 Å². The number of anilines is 3. The summed E-state index contributed by atoms with van der Waals surface area (Å²) in [6.45, 7) is 9.06. The Morgan fingerprint density at radius 3 is 2.42 bits per heavy atom. The predicted octanol–water partition coefficient (Wildman–Crippen LogP) is 2.73. The van der Waals surface area contributed by atoms with Crippen molar-refractivity contribution in [2.45, 2.75) is 46.2 Å². The van der Waals surface area contributed by atoms with Crippen LogP contribution in [0.15, 0.2) is 24.3 Å². The summed E-state index contributed by atoms with van der Waals surface area (Å²) in [5, 5.41) is 2.61. The lowest BCUT2D eigenvalue weighted by Crippen LogP contribution is -2.31. The van der Waals surface area contributed by atoms with Gasteiger partial charge in [0.1, 0.15) is 5.69 Å². The summed E-state index contributed by atoms with van der Waals surface area (Å²) in [6, 6.07) is 8.56. The Morgan fingerprint density at radius 1 is 1.15 bits per heavy atom. The molecule has 9 heteroatoms. The lowest BCUT2D eigenvalue weighted by Gasteiger charge is -2.26. The van der Waals surface area contributed by atoms with Crippen molar-refractivity contribution < 1.29 is 9.59 Å². The van der Waals surface area contributed by atoms with Gasteiger partial charge in [0.05, 0.1) is 0 Å². The largest absolute Gasteiger partial charge is 0.382 e. The number of rotatable bonds is 11. The summed E-state index contributed by atoms with van der Waals surface area (Å²) in [4.78, 5) is 38.7. The Morgan fingerprint density at radius 2 is 1.82 bits per heavy atom. The molecule has 0 spiro atoms. The van der Waals surface area contributed by atoms with Crippen molar-refractivity contribution in [2.75, 3.05) is 49.2 Å². The van der Waals surface area contributed by atoms with E-state index in [1.165, 1.54) is 31.5 Å². The maximum absolute atomic E-state index is 12.8. The number of likely N-dealkylation sites (tertiary alicyclic amines) is 1. The molecule has 0 saturated carbocycles. The molecule has 1 saturated heterocycles. The van der Waals surface area contributed by atoms with Crippen LogP contribution in [0, 0.1) is 0 Å². The van der Waals surface area contributed by atoms with Gasteiger partial charge in [-0.05, 0) is 50.4 Å². The monoisotopic (exact) mass is 453 g/mol. The van der Waals surface area contributed by atoms with Gasteiger partial charge in [-0.3, -0.25) is 14.5 Å². The molecule has 2 heterocycles. The normalized spacial score (nSPS) is 13.7. The molecule has 2 amide bonds. The van der Waals surface area contributed by atoms with Gasteiger partial charge in [-0.1, -0.05) is 31.2 Å². The molecule has 1 aromatic heterocycles. The molecule has 1 aliphatic rings. The zero-order chi connectivity index (χ0) is 23.8. The molecule has 3 N–H and O–H groups in total. The molecule has 178 valence electrons. The summed E-state index contributed by atoms with van der Waals surface area (Å²) < 4.78 is 0. The number of nitrogens with two attached hydrogens (primary N) is 1. The Bertz CT molecular complexity index is 943. The van der Waals surface area contributed by atoms with Crippen LogP contribution in [0.1, 0.15) is 54.9 Å². The molecule has 33 heavy (non-hydrogen) atoms. The number of carbonyl (C=O) groups excluding carboxylic acids is 2. The van der Waals surface area contributed by atoms with E-state index in [2.05, 4.69) is 44.5 Å². The standard InChI is InChI=1S/C24H35N7O2/c1-4-12-29(3)24(33)22-27-21(25)20(26-17-32)23(28-22)31(5-2)16-19-10-8-18(9-11-19)15-30-13-6-7-14-30/h8-11,17H,4-7,12-16H2,1-3H3,(H,26,32)(H2,25,27,28). The van der Waals surface area contributed by atoms with Gasteiger partial charge in [-0.2, -0.15) is 0 Å². The highest BCUT2D eigenvalue weighted by Gasteiger charge is 2.23. The summed E-state index contributed by atoms with van der Waals surface area (Å²) in [6.07, 6.45) is 3.93. The van der Waals surface area contributed by atoms with Crippen LogP contribution < -0.4 is 16.0 Å². The Hall–Kier alpha value is -3.20. The van der Waals surface area contributed by atoms with Gasteiger partial charge in [0.2, 0.25) is 12.2 Å². The molecule has 0 atom stereocenters. The van der Waals surface area contributed by atoms with Crippen LogP contribution >= 0.6 is 0 Å². The highest BCUT2D eigenvalue weighted by molar-refractivity contribution is 5.94. The number of carbonyl (C=O) groups is 2. The SMILES string of the molecule is CCCN(C)C(=O)c1nc(N)c(NC=O)c(N(CC)Cc2ccc(CN3CCCC3)cc2)n1. The molecule has 0 radical (unpaired) electrons. The lowest BCUT2D eigenvalue weighted by molar-refractivity contribution is -0.105. The highest BCUT2D eigenvalue weighted by atomic mass is 16.2. The number of benzene rings is 1. The number of amides is 2. The van der Waals surface area contributed by atoms with Crippen molar-refractivity contribution in [3.8, 4) is 0 Å². The number of aromatic nitrogens is 2. The molecule has 2 aromatic rings. The van der Waals surface area contributed by atoms with Gasteiger partial charge in [0.15, 0.2) is 11.6 Å². The molecule has 3 rings (SSSR count). The van der Waals surface area contributed by atoms with E-state index in [-0.39, 0.29) is 17.5 Å². The maximum Gasteiger partial charge on any atom is 0.291 e. The third-order valence-electron chi connectivity index (χ3n) is 5.90. The minimum atomic E-state index is -0.301. The molecule has 1 aromatic carbocycles. The van der Waals surface area contributed by atoms with Gasteiger partial charge >= 0.3 is 0 Å². The van der Waals surface area contributed by atoms with Crippen LogP contribution in [0.2, 0.25) is 0 Å². The fourth-order valence-electron chi connectivity index (χ4n) is 4.10. The molecule has 1 fully saturated rings. The minimum absolute atomic E-state index is 0.0225. The molecular weight excluding hydrogens is 418 g/mol. The first-order chi connectivity index (χ1) is 16.0. The van der Waals surface area contributed by atoms with E-state index in [1.54, 1.807) is 11.9 Å². The summed E-state index contributed by atoms with van der Waals surface area (Å²) in [5.41, 5.74) is 8.84. The molecular formula is C24H35N7O2. The second-order valence-electron chi connectivity index (χ2n) is 8.43. The third-order valence-corrected chi connectivity index (χ3v) is 5.90. The smallest absolute Gasteiger partial charge is 0.291 e. The van der Waals surface area contributed by atoms with Gasteiger partial charge in [0, 0.05) is 33.2 Å².